The van der Waals surface area contributed by atoms with Gasteiger partial charge < -0.3 is 9.84 Å². The first-order valence-electron chi connectivity index (χ1n) is 4.31. The minimum atomic E-state index is -1.27. The molecule has 1 rings (SSSR count). The number of hydrogen-bond acceptors (Lipinski definition) is 4. The van der Waals surface area contributed by atoms with Crippen molar-refractivity contribution in [3.63, 3.8) is 0 Å². The molecule has 1 N–H and O–H groups in total. The summed E-state index contributed by atoms with van der Waals surface area (Å²) in [5, 5.41) is 8.71. The van der Waals surface area contributed by atoms with Gasteiger partial charge in [0.15, 0.2) is 0 Å². The molecular weight excluding hydrogens is 200 g/mol. The van der Waals surface area contributed by atoms with Crippen LogP contribution in [0.5, 0.6) is 0 Å². The molecule has 6 heteroatoms. The van der Waals surface area contributed by atoms with E-state index in [9.17, 15) is 9.59 Å². The summed E-state index contributed by atoms with van der Waals surface area (Å²) in [5.74, 6) is -1.63. The molecule has 1 aromatic rings. The average Bonchev–Trinajstić information content (AvgIpc) is 2.47. The number of aromatic nitrogens is 2. The minimum absolute atomic E-state index is 0.357. The van der Waals surface area contributed by atoms with Crippen LogP contribution >= 0.6 is 0 Å². The average molecular weight is 212 g/mol. The topological polar surface area (TPSA) is 81.4 Å². The quantitative estimate of drug-likeness (QED) is 0.760. The molecule has 0 amide bonds. The summed E-state index contributed by atoms with van der Waals surface area (Å²) in [7, 11) is 0. The monoisotopic (exact) mass is 212 g/mol. The van der Waals surface area contributed by atoms with Crippen molar-refractivity contribution in [2.45, 2.75) is 26.4 Å². The first kappa shape index (κ1) is 11.2. The Bertz CT molecular complexity index is 389. The summed E-state index contributed by atoms with van der Waals surface area (Å²) in [6, 6.07) is 0. The number of hydrogen-bond donors (Lipinski definition) is 1. The number of carbonyl (C=O) groups is 2. The van der Waals surface area contributed by atoms with Crippen molar-refractivity contribution in [1.29, 1.82) is 0 Å². The molecule has 1 heterocycles. The van der Waals surface area contributed by atoms with Crippen LogP contribution in [0.3, 0.4) is 0 Å². The number of aromatic carboxylic acids is 1. The Morgan fingerprint density at radius 3 is 2.53 bits per heavy atom. The molecule has 0 radical (unpaired) electrons. The van der Waals surface area contributed by atoms with Crippen molar-refractivity contribution < 1.29 is 19.4 Å². The molecule has 0 aliphatic carbocycles. The molecule has 0 spiro atoms. The Labute approximate surface area is 86.5 Å². The smallest absolute Gasteiger partial charge is 0.420 e. The molecular formula is C9H12N2O4. The Morgan fingerprint density at radius 1 is 1.47 bits per heavy atom. The van der Waals surface area contributed by atoms with Gasteiger partial charge >= 0.3 is 12.1 Å². The Kier molecular flexibility index (Phi) is 2.78. The third-order valence-electron chi connectivity index (χ3n) is 1.42. The second-order valence-electron chi connectivity index (χ2n) is 3.91. The Morgan fingerprint density at radius 2 is 2.07 bits per heavy atom. The fraction of sp³-hybridized carbons (Fsp3) is 0.444. The number of rotatable bonds is 1. The molecule has 0 fully saturated rings. The Balaban J connectivity index is 2.92. The van der Waals surface area contributed by atoms with Crippen LogP contribution in [-0.4, -0.2) is 32.3 Å². The van der Waals surface area contributed by atoms with Gasteiger partial charge in [0.25, 0.3) is 0 Å². The highest BCUT2D eigenvalue weighted by molar-refractivity contribution is 5.88. The van der Waals surface area contributed by atoms with Gasteiger partial charge in [0.2, 0.25) is 5.82 Å². The van der Waals surface area contributed by atoms with Gasteiger partial charge in [0, 0.05) is 12.4 Å². The van der Waals surface area contributed by atoms with Crippen LogP contribution in [0.1, 0.15) is 31.4 Å². The molecule has 82 valence electrons. The molecule has 0 saturated heterocycles. The molecule has 1 aromatic heterocycles. The van der Waals surface area contributed by atoms with Gasteiger partial charge in [0.05, 0.1) is 0 Å². The summed E-state index contributed by atoms with van der Waals surface area (Å²) in [6.07, 6.45) is 1.72. The summed E-state index contributed by atoms with van der Waals surface area (Å²) in [4.78, 5) is 25.7. The summed E-state index contributed by atoms with van der Waals surface area (Å²) < 4.78 is 5.85. The van der Waals surface area contributed by atoms with Crippen molar-refractivity contribution >= 4 is 12.1 Å². The standard InChI is InChI=1S/C9H12N2O4/c1-9(2,3)15-8(14)11-5-4-10-6(11)7(12)13/h4-5H,1-3H3,(H,12,13). The molecule has 6 nitrogen and oxygen atoms in total. The van der Waals surface area contributed by atoms with Crippen LogP contribution in [0.25, 0.3) is 0 Å². The van der Waals surface area contributed by atoms with Crippen LogP contribution in [0, 0.1) is 0 Å². The van der Waals surface area contributed by atoms with E-state index in [1.165, 1.54) is 12.4 Å². The maximum Gasteiger partial charge on any atom is 0.420 e. The zero-order valence-electron chi connectivity index (χ0n) is 8.72. The van der Waals surface area contributed by atoms with E-state index in [1.54, 1.807) is 20.8 Å². The molecule has 0 aromatic carbocycles. The first-order chi connectivity index (χ1) is 6.81. The molecule has 0 aliphatic heterocycles. The van der Waals surface area contributed by atoms with Gasteiger partial charge in [-0.1, -0.05) is 0 Å². The number of carboxylic acids is 1. The molecule has 0 saturated carbocycles. The highest BCUT2D eigenvalue weighted by Gasteiger charge is 2.22. The van der Waals surface area contributed by atoms with Gasteiger partial charge in [-0.2, -0.15) is 0 Å². The fourth-order valence-electron chi connectivity index (χ4n) is 0.920. The summed E-state index contributed by atoms with van der Waals surface area (Å²) >= 11 is 0. The molecule has 0 bridgehead atoms. The summed E-state index contributed by atoms with van der Waals surface area (Å²) in [5.41, 5.74) is -0.670. The van der Waals surface area contributed by atoms with Crippen LogP contribution in [-0.2, 0) is 4.74 Å². The number of carboxylic acid groups (broad SMARTS) is 1. The van der Waals surface area contributed by atoms with Crippen molar-refractivity contribution in [2.24, 2.45) is 0 Å². The van der Waals surface area contributed by atoms with Crippen LogP contribution in [0.2, 0.25) is 0 Å². The van der Waals surface area contributed by atoms with E-state index in [1.807, 2.05) is 0 Å². The number of carbonyl (C=O) groups excluding carboxylic acids is 1. The van der Waals surface area contributed by atoms with Gasteiger partial charge in [-0.3, -0.25) is 0 Å². The zero-order chi connectivity index (χ0) is 11.6. The lowest BCUT2D eigenvalue weighted by molar-refractivity contribution is 0.0502. The third-order valence-corrected chi connectivity index (χ3v) is 1.42. The fourth-order valence-corrected chi connectivity index (χ4v) is 0.920. The maximum atomic E-state index is 11.5. The van der Waals surface area contributed by atoms with Crippen molar-refractivity contribution in [2.75, 3.05) is 0 Å². The Hall–Kier alpha value is -1.85. The van der Waals surface area contributed by atoms with E-state index >= 15 is 0 Å². The molecule has 0 aliphatic rings. The number of nitrogens with zero attached hydrogens (tertiary/aromatic N) is 2. The van der Waals surface area contributed by atoms with E-state index < -0.39 is 17.7 Å². The van der Waals surface area contributed by atoms with E-state index in [4.69, 9.17) is 9.84 Å². The maximum absolute atomic E-state index is 11.5. The lowest BCUT2D eigenvalue weighted by atomic mass is 10.2. The highest BCUT2D eigenvalue weighted by atomic mass is 16.6. The van der Waals surface area contributed by atoms with Gasteiger partial charge in [0.1, 0.15) is 5.60 Å². The minimum Gasteiger partial charge on any atom is -0.475 e. The van der Waals surface area contributed by atoms with Gasteiger partial charge in [-0.05, 0) is 20.8 Å². The summed E-state index contributed by atoms with van der Waals surface area (Å²) in [6.45, 7) is 5.09. The van der Waals surface area contributed by atoms with E-state index in [-0.39, 0.29) is 5.82 Å². The normalized spacial score (nSPS) is 11.1. The van der Waals surface area contributed by atoms with Gasteiger partial charge in [-0.25, -0.2) is 19.1 Å². The van der Waals surface area contributed by atoms with Crippen LogP contribution in [0.15, 0.2) is 12.4 Å². The number of ether oxygens (including phenoxy) is 1. The van der Waals surface area contributed by atoms with Crippen molar-refractivity contribution in [1.82, 2.24) is 9.55 Å². The molecule has 0 atom stereocenters. The van der Waals surface area contributed by atoms with Gasteiger partial charge in [-0.15, -0.1) is 0 Å². The zero-order valence-corrected chi connectivity index (χ0v) is 8.72. The predicted molar refractivity (Wildman–Crippen MR) is 50.8 cm³/mol. The van der Waals surface area contributed by atoms with Crippen LogP contribution in [0.4, 0.5) is 4.79 Å². The third kappa shape index (κ3) is 2.80. The molecule has 0 unspecified atom stereocenters. The van der Waals surface area contributed by atoms with Crippen molar-refractivity contribution in [3.8, 4) is 0 Å². The van der Waals surface area contributed by atoms with E-state index in [2.05, 4.69) is 4.98 Å². The first-order valence-corrected chi connectivity index (χ1v) is 4.31. The van der Waals surface area contributed by atoms with E-state index in [0.717, 1.165) is 4.57 Å². The second-order valence-corrected chi connectivity index (χ2v) is 3.91. The second kappa shape index (κ2) is 3.72. The lowest BCUT2D eigenvalue weighted by Crippen LogP contribution is -2.28. The van der Waals surface area contributed by atoms with E-state index in [0.29, 0.717) is 0 Å². The lowest BCUT2D eigenvalue weighted by Gasteiger charge is -2.19. The molecule has 15 heavy (non-hydrogen) atoms. The predicted octanol–water partition coefficient (Wildman–Crippen LogP) is 1.36. The van der Waals surface area contributed by atoms with Crippen molar-refractivity contribution in [3.05, 3.63) is 18.2 Å². The number of imidazole rings is 1. The highest BCUT2D eigenvalue weighted by Crippen LogP contribution is 2.10. The SMILES string of the molecule is CC(C)(C)OC(=O)n1ccnc1C(=O)O. The largest absolute Gasteiger partial charge is 0.475 e. The van der Waals surface area contributed by atoms with Crippen LogP contribution < -0.4 is 0 Å².